The molecule has 0 radical (unpaired) electrons. The molecule has 2 aliphatic rings. The summed E-state index contributed by atoms with van der Waals surface area (Å²) in [5, 5.41) is 14.7. The maximum atomic E-state index is 12.8. The first-order valence-corrected chi connectivity index (χ1v) is 10.6. The lowest BCUT2D eigenvalue weighted by Gasteiger charge is -2.10. The van der Waals surface area contributed by atoms with Gasteiger partial charge >= 0.3 is 0 Å². The molecule has 160 valence electrons. The molecule has 8 nitrogen and oxygen atoms in total. The van der Waals surface area contributed by atoms with E-state index in [2.05, 4.69) is 21.5 Å². The monoisotopic (exact) mass is 419 g/mol. The third-order valence-corrected chi connectivity index (χ3v) is 5.47. The molecule has 8 heteroatoms. The predicted octanol–water partition coefficient (Wildman–Crippen LogP) is 2.60. The van der Waals surface area contributed by atoms with Gasteiger partial charge in [-0.3, -0.25) is 14.7 Å². The van der Waals surface area contributed by atoms with E-state index in [1.165, 1.54) is 23.7 Å². The summed E-state index contributed by atoms with van der Waals surface area (Å²) in [6, 6.07) is 5.39. The fourth-order valence-electron chi connectivity index (χ4n) is 3.42. The van der Waals surface area contributed by atoms with Crippen molar-refractivity contribution >= 4 is 5.91 Å². The highest BCUT2D eigenvalue weighted by Crippen LogP contribution is 2.28. The Morgan fingerprint density at radius 2 is 2.26 bits per heavy atom. The number of aromatic nitrogens is 3. The molecule has 2 aromatic heterocycles. The van der Waals surface area contributed by atoms with Crippen LogP contribution in [0.15, 0.2) is 53.1 Å². The van der Waals surface area contributed by atoms with Crippen LogP contribution in [0.1, 0.15) is 47.5 Å². The molecule has 1 unspecified atom stereocenters. The molecule has 1 amide bonds. The second-order valence-electron chi connectivity index (χ2n) is 7.87. The predicted molar refractivity (Wildman–Crippen MR) is 115 cm³/mol. The average molecular weight is 419 g/mol. The SMILES string of the molecule is N#CC1=CCC(c2c[nH]n(-c3ccc(C(=O)NCCCOCC4CC4)cn3)c2=O)C=C1. The summed E-state index contributed by atoms with van der Waals surface area (Å²) in [5.41, 5.74) is 1.46. The number of nitriles is 1. The first kappa shape index (κ1) is 20.8. The second-order valence-corrected chi connectivity index (χ2v) is 7.87. The zero-order chi connectivity index (χ0) is 21.6. The normalized spacial score (nSPS) is 17.8. The summed E-state index contributed by atoms with van der Waals surface area (Å²) >= 11 is 0. The maximum Gasteiger partial charge on any atom is 0.276 e. The van der Waals surface area contributed by atoms with E-state index in [-0.39, 0.29) is 17.4 Å². The molecular formula is C23H25N5O3. The van der Waals surface area contributed by atoms with Crippen molar-refractivity contribution < 1.29 is 9.53 Å². The number of hydrogen-bond donors (Lipinski definition) is 2. The van der Waals surface area contributed by atoms with Gasteiger partial charge in [-0.2, -0.15) is 5.26 Å². The van der Waals surface area contributed by atoms with Crippen LogP contribution in [0.2, 0.25) is 0 Å². The maximum absolute atomic E-state index is 12.8. The number of carbonyl (C=O) groups excluding carboxylic acids is 1. The highest BCUT2D eigenvalue weighted by atomic mass is 16.5. The van der Waals surface area contributed by atoms with E-state index < -0.39 is 0 Å². The molecule has 1 saturated carbocycles. The van der Waals surface area contributed by atoms with E-state index >= 15 is 0 Å². The Hall–Kier alpha value is -3.44. The van der Waals surface area contributed by atoms with Crippen LogP contribution in [0.4, 0.5) is 0 Å². The van der Waals surface area contributed by atoms with Gasteiger partial charge in [0.15, 0.2) is 5.82 Å². The smallest absolute Gasteiger partial charge is 0.276 e. The van der Waals surface area contributed by atoms with Crippen molar-refractivity contribution in [2.45, 2.75) is 31.6 Å². The Balaban J connectivity index is 1.32. The summed E-state index contributed by atoms with van der Waals surface area (Å²) in [6.45, 7) is 2.02. The molecule has 1 fully saturated rings. The average Bonchev–Trinajstić information content (AvgIpc) is 3.56. The molecule has 2 heterocycles. The first-order valence-electron chi connectivity index (χ1n) is 10.6. The number of amides is 1. The number of hydrogen-bond acceptors (Lipinski definition) is 5. The quantitative estimate of drug-likeness (QED) is 0.607. The van der Waals surface area contributed by atoms with E-state index in [0.29, 0.717) is 42.1 Å². The van der Waals surface area contributed by atoms with Gasteiger partial charge < -0.3 is 10.1 Å². The number of aromatic amines is 1. The van der Waals surface area contributed by atoms with Crippen LogP contribution in [-0.2, 0) is 4.74 Å². The topological polar surface area (TPSA) is 113 Å². The minimum absolute atomic E-state index is 0.0830. The Labute approximate surface area is 180 Å². The Bertz CT molecular complexity index is 1080. The number of nitrogens with zero attached hydrogens (tertiary/aromatic N) is 3. The van der Waals surface area contributed by atoms with E-state index in [9.17, 15) is 9.59 Å². The minimum Gasteiger partial charge on any atom is -0.381 e. The Morgan fingerprint density at radius 3 is 2.94 bits per heavy atom. The van der Waals surface area contributed by atoms with Crippen LogP contribution >= 0.6 is 0 Å². The van der Waals surface area contributed by atoms with Crippen molar-refractivity contribution in [3.63, 3.8) is 0 Å². The van der Waals surface area contributed by atoms with Crippen molar-refractivity contribution in [2.24, 2.45) is 5.92 Å². The van der Waals surface area contributed by atoms with Gasteiger partial charge in [0.25, 0.3) is 11.5 Å². The van der Waals surface area contributed by atoms with Crippen LogP contribution in [0.5, 0.6) is 0 Å². The van der Waals surface area contributed by atoms with Gasteiger partial charge in [-0.15, -0.1) is 0 Å². The highest BCUT2D eigenvalue weighted by molar-refractivity contribution is 5.93. The Morgan fingerprint density at radius 1 is 1.39 bits per heavy atom. The number of H-pyrrole nitrogens is 1. The largest absolute Gasteiger partial charge is 0.381 e. The molecular weight excluding hydrogens is 394 g/mol. The molecule has 31 heavy (non-hydrogen) atoms. The molecule has 0 aliphatic heterocycles. The van der Waals surface area contributed by atoms with Gasteiger partial charge in [-0.1, -0.05) is 12.2 Å². The van der Waals surface area contributed by atoms with Crippen LogP contribution in [0.3, 0.4) is 0 Å². The summed E-state index contributed by atoms with van der Waals surface area (Å²) in [7, 11) is 0. The minimum atomic E-state index is -0.201. The lowest BCUT2D eigenvalue weighted by atomic mass is 9.92. The number of rotatable bonds is 9. The molecule has 4 rings (SSSR count). The van der Waals surface area contributed by atoms with Crippen LogP contribution in [0, 0.1) is 17.2 Å². The van der Waals surface area contributed by atoms with Gasteiger partial charge in [0, 0.05) is 49.2 Å². The number of ether oxygens (including phenoxy) is 1. The van der Waals surface area contributed by atoms with E-state index in [4.69, 9.17) is 10.00 Å². The number of allylic oxidation sites excluding steroid dienone is 4. The summed E-state index contributed by atoms with van der Waals surface area (Å²) in [5.74, 6) is 0.873. The van der Waals surface area contributed by atoms with Gasteiger partial charge in [0.1, 0.15) is 0 Å². The fourth-order valence-corrected chi connectivity index (χ4v) is 3.42. The standard InChI is InChI=1S/C23H25N5O3/c24-12-16-4-6-18(7-5-16)20-14-27-28(23(20)30)21-9-8-19(13-26-21)22(29)25-10-1-11-31-15-17-2-3-17/h4-6,8-9,13-14,17-18,27H,1-3,7,10-11,15H2,(H,25,29). The molecule has 2 aliphatic carbocycles. The molecule has 0 bridgehead atoms. The number of nitrogens with one attached hydrogen (secondary N) is 2. The lowest BCUT2D eigenvalue weighted by molar-refractivity contribution is 0.0937. The Kier molecular flexibility index (Phi) is 6.43. The zero-order valence-electron chi connectivity index (χ0n) is 17.2. The summed E-state index contributed by atoms with van der Waals surface area (Å²) < 4.78 is 6.91. The molecule has 0 aromatic carbocycles. The highest BCUT2D eigenvalue weighted by Gasteiger charge is 2.21. The third-order valence-electron chi connectivity index (χ3n) is 5.47. The van der Waals surface area contributed by atoms with E-state index in [0.717, 1.165) is 18.9 Å². The second kappa shape index (κ2) is 9.58. The van der Waals surface area contributed by atoms with Gasteiger partial charge in [-0.05, 0) is 49.8 Å². The lowest BCUT2D eigenvalue weighted by Crippen LogP contribution is -2.26. The summed E-state index contributed by atoms with van der Waals surface area (Å²) in [6.07, 6.45) is 12.5. The number of carbonyl (C=O) groups is 1. The van der Waals surface area contributed by atoms with Crippen LogP contribution < -0.4 is 10.9 Å². The van der Waals surface area contributed by atoms with Crippen molar-refractivity contribution in [3.05, 3.63) is 69.8 Å². The first-order chi connectivity index (χ1) is 15.2. The van der Waals surface area contributed by atoms with Crippen molar-refractivity contribution in [2.75, 3.05) is 19.8 Å². The van der Waals surface area contributed by atoms with Gasteiger partial charge in [0.2, 0.25) is 0 Å². The number of pyridine rings is 1. The zero-order valence-corrected chi connectivity index (χ0v) is 17.2. The summed E-state index contributed by atoms with van der Waals surface area (Å²) in [4.78, 5) is 29.3. The third kappa shape index (κ3) is 5.19. The fraction of sp³-hybridized carbons (Fsp3) is 0.391. The van der Waals surface area contributed by atoms with E-state index in [1.54, 1.807) is 24.4 Å². The van der Waals surface area contributed by atoms with E-state index in [1.807, 2.05) is 12.2 Å². The van der Waals surface area contributed by atoms with Crippen LogP contribution in [0.25, 0.3) is 5.82 Å². The van der Waals surface area contributed by atoms with Gasteiger partial charge in [0.05, 0.1) is 11.6 Å². The van der Waals surface area contributed by atoms with Gasteiger partial charge in [-0.25, -0.2) is 9.67 Å². The van der Waals surface area contributed by atoms with Crippen LogP contribution in [-0.4, -0.2) is 40.4 Å². The molecule has 2 N–H and O–H groups in total. The van der Waals surface area contributed by atoms with Crippen molar-refractivity contribution in [1.82, 2.24) is 20.1 Å². The molecule has 2 aromatic rings. The van der Waals surface area contributed by atoms with Crippen molar-refractivity contribution in [1.29, 1.82) is 5.26 Å². The molecule has 1 atom stereocenters. The molecule has 0 saturated heterocycles. The molecule has 0 spiro atoms. The van der Waals surface area contributed by atoms with Crippen molar-refractivity contribution in [3.8, 4) is 11.9 Å².